The summed E-state index contributed by atoms with van der Waals surface area (Å²) >= 11 is 2.99. The van der Waals surface area contributed by atoms with Crippen LogP contribution >= 0.6 is 15.9 Å². The molecule has 3 nitrogen and oxygen atoms in total. The van der Waals surface area contributed by atoms with E-state index in [2.05, 4.69) is 20.8 Å². The van der Waals surface area contributed by atoms with Gasteiger partial charge in [0.2, 0.25) is 0 Å². The molecule has 1 fully saturated rings. The van der Waals surface area contributed by atoms with E-state index < -0.39 is 23.8 Å². The third kappa shape index (κ3) is 3.13. The van der Waals surface area contributed by atoms with Crippen molar-refractivity contribution in [3.05, 3.63) is 33.8 Å². The largest absolute Gasteiger partial charge is 0.385 e. The number of aliphatic hydroxyl groups excluding tert-OH is 1. The lowest BCUT2D eigenvalue weighted by atomic mass is 10.0. The Bertz CT molecular complexity index is 459. The summed E-state index contributed by atoms with van der Waals surface area (Å²) in [4.78, 5) is 2.07. The van der Waals surface area contributed by atoms with Crippen LogP contribution < -0.4 is 0 Å². The fourth-order valence-electron chi connectivity index (χ4n) is 2.21. The van der Waals surface area contributed by atoms with E-state index in [0.29, 0.717) is 13.2 Å². The second kappa shape index (κ2) is 6.26. The first kappa shape index (κ1) is 14.8. The molecule has 2 atom stereocenters. The Labute approximate surface area is 119 Å². The van der Waals surface area contributed by atoms with Crippen molar-refractivity contribution in [3.8, 4) is 0 Å². The van der Waals surface area contributed by atoms with Crippen LogP contribution in [0.4, 0.5) is 8.78 Å². The normalized spacial score (nSPS) is 22.5. The predicted octanol–water partition coefficient (Wildman–Crippen LogP) is 2.48. The molecule has 6 heteroatoms. The van der Waals surface area contributed by atoms with Gasteiger partial charge in [0.1, 0.15) is 23.8 Å². The van der Waals surface area contributed by atoms with Gasteiger partial charge < -0.3 is 9.84 Å². The van der Waals surface area contributed by atoms with Crippen LogP contribution in [0.15, 0.2) is 16.6 Å². The molecule has 1 aromatic rings. The molecule has 1 heterocycles. The van der Waals surface area contributed by atoms with Crippen LogP contribution in [-0.4, -0.2) is 42.4 Å². The number of hydrogen-bond donors (Lipinski definition) is 1. The van der Waals surface area contributed by atoms with Gasteiger partial charge in [0.05, 0.1) is 16.6 Å². The molecule has 19 heavy (non-hydrogen) atoms. The van der Waals surface area contributed by atoms with Crippen LogP contribution in [0.25, 0.3) is 0 Å². The summed E-state index contributed by atoms with van der Waals surface area (Å²) in [6, 6.07) is 2.41. The van der Waals surface area contributed by atoms with E-state index in [1.165, 1.54) is 6.07 Å². The molecule has 1 aliphatic heterocycles. The quantitative estimate of drug-likeness (QED) is 0.861. The third-order valence-electron chi connectivity index (χ3n) is 3.35. The van der Waals surface area contributed by atoms with Crippen LogP contribution in [0.2, 0.25) is 0 Å². The average molecular weight is 336 g/mol. The average Bonchev–Trinajstić information content (AvgIpc) is 2.43. The lowest BCUT2D eigenvalue weighted by molar-refractivity contribution is -0.0906. The van der Waals surface area contributed by atoms with Gasteiger partial charge >= 0.3 is 0 Å². The highest BCUT2D eigenvalue weighted by atomic mass is 79.9. The minimum absolute atomic E-state index is 0.131. The van der Waals surface area contributed by atoms with Crippen molar-refractivity contribution in [2.45, 2.75) is 19.1 Å². The van der Waals surface area contributed by atoms with Gasteiger partial charge in [0.15, 0.2) is 0 Å². The zero-order chi connectivity index (χ0) is 14.0. The minimum atomic E-state index is -1.31. The third-order valence-corrected chi connectivity index (χ3v) is 3.96. The molecule has 1 aliphatic rings. The second-order valence-corrected chi connectivity index (χ2v) is 5.36. The first-order valence-corrected chi connectivity index (χ1v) is 6.99. The summed E-state index contributed by atoms with van der Waals surface area (Å²) in [6.07, 6.45) is -1.93. The van der Waals surface area contributed by atoms with E-state index in [4.69, 9.17) is 4.74 Å². The predicted molar refractivity (Wildman–Crippen MR) is 70.9 cm³/mol. The monoisotopic (exact) mass is 335 g/mol. The standard InChI is InChI=1S/C13H16BrF2NO2/c1-2-17-5-6-19-10(7-17)13(18)11-9(15)4-3-8(14)12(11)16/h3-4,10,13,18H,2,5-7H2,1H3. The molecule has 0 saturated carbocycles. The van der Waals surface area contributed by atoms with Gasteiger partial charge in [-0.1, -0.05) is 6.92 Å². The first-order chi connectivity index (χ1) is 9.04. The Balaban J connectivity index is 2.24. The Morgan fingerprint density at radius 2 is 2.26 bits per heavy atom. The molecule has 0 spiro atoms. The number of likely N-dealkylation sites (N-methyl/N-ethyl adjacent to an activating group) is 1. The first-order valence-electron chi connectivity index (χ1n) is 6.20. The summed E-state index contributed by atoms with van der Waals surface area (Å²) in [7, 11) is 0. The molecule has 0 amide bonds. The fraction of sp³-hybridized carbons (Fsp3) is 0.538. The smallest absolute Gasteiger partial charge is 0.146 e. The highest BCUT2D eigenvalue weighted by Gasteiger charge is 2.31. The van der Waals surface area contributed by atoms with Gasteiger partial charge in [0, 0.05) is 13.1 Å². The van der Waals surface area contributed by atoms with E-state index in [1.54, 1.807) is 0 Å². The molecule has 1 N–H and O–H groups in total. The summed E-state index contributed by atoms with van der Waals surface area (Å²) in [6.45, 7) is 4.49. The zero-order valence-corrected chi connectivity index (χ0v) is 12.2. The fourth-order valence-corrected chi connectivity index (χ4v) is 2.56. The number of aliphatic hydroxyl groups is 1. The molecule has 0 aromatic heterocycles. The molecule has 2 unspecified atom stereocenters. The van der Waals surface area contributed by atoms with Crippen molar-refractivity contribution in [1.29, 1.82) is 0 Å². The molecule has 1 saturated heterocycles. The van der Waals surface area contributed by atoms with Crippen molar-refractivity contribution >= 4 is 15.9 Å². The van der Waals surface area contributed by atoms with Crippen LogP contribution in [0.5, 0.6) is 0 Å². The van der Waals surface area contributed by atoms with Crippen molar-refractivity contribution in [1.82, 2.24) is 4.90 Å². The number of benzene rings is 1. The van der Waals surface area contributed by atoms with Crippen molar-refractivity contribution in [3.63, 3.8) is 0 Å². The van der Waals surface area contributed by atoms with E-state index in [1.807, 2.05) is 6.92 Å². The molecular formula is C13H16BrF2NO2. The molecule has 0 bridgehead atoms. The lowest BCUT2D eigenvalue weighted by Gasteiger charge is -2.34. The topological polar surface area (TPSA) is 32.7 Å². The Morgan fingerprint density at radius 3 is 2.95 bits per heavy atom. The van der Waals surface area contributed by atoms with E-state index in [-0.39, 0.29) is 10.0 Å². The van der Waals surface area contributed by atoms with E-state index in [0.717, 1.165) is 19.2 Å². The maximum atomic E-state index is 13.9. The summed E-state index contributed by atoms with van der Waals surface area (Å²) in [5.74, 6) is -1.53. The van der Waals surface area contributed by atoms with Gasteiger partial charge in [-0.25, -0.2) is 8.78 Å². The number of hydrogen-bond acceptors (Lipinski definition) is 3. The zero-order valence-electron chi connectivity index (χ0n) is 10.6. The highest BCUT2D eigenvalue weighted by Crippen LogP contribution is 2.30. The summed E-state index contributed by atoms with van der Waals surface area (Å²) < 4.78 is 33.2. The maximum Gasteiger partial charge on any atom is 0.146 e. The second-order valence-electron chi connectivity index (χ2n) is 4.50. The number of morpholine rings is 1. The van der Waals surface area contributed by atoms with Crippen LogP contribution in [-0.2, 0) is 4.74 Å². The Kier molecular flexibility index (Phi) is 4.89. The molecule has 0 aliphatic carbocycles. The number of halogens is 3. The van der Waals surface area contributed by atoms with E-state index >= 15 is 0 Å². The van der Waals surface area contributed by atoms with Gasteiger partial charge in [-0.2, -0.15) is 0 Å². The van der Waals surface area contributed by atoms with Gasteiger partial charge in [0.25, 0.3) is 0 Å². The van der Waals surface area contributed by atoms with E-state index in [9.17, 15) is 13.9 Å². The maximum absolute atomic E-state index is 13.9. The SMILES string of the molecule is CCN1CCOC(C(O)c2c(F)ccc(Br)c2F)C1. The molecule has 106 valence electrons. The minimum Gasteiger partial charge on any atom is -0.385 e. The molecule has 2 rings (SSSR count). The molecular weight excluding hydrogens is 320 g/mol. The lowest BCUT2D eigenvalue weighted by Crippen LogP contribution is -2.45. The summed E-state index contributed by atoms with van der Waals surface area (Å²) in [5, 5.41) is 10.2. The van der Waals surface area contributed by atoms with Crippen LogP contribution in [0, 0.1) is 11.6 Å². The molecule has 0 radical (unpaired) electrons. The number of nitrogens with zero attached hydrogens (tertiary/aromatic N) is 1. The Hall–Kier alpha value is -0.560. The van der Waals surface area contributed by atoms with Gasteiger partial charge in [-0.15, -0.1) is 0 Å². The number of ether oxygens (including phenoxy) is 1. The van der Waals surface area contributed by atoms with Crippen molar-refractivity contribution in [2.24, 2.45) is 0 Å². The van der Waals surface area contributed by atoms with Crippen LogP contribution in [0.1, 0.15) is 18.6 Å². The Morgan fingerprint density at radius 1 is 1.53 bits per heavy atom. The number of rotatable bonds is 3. The summed E-state index contributed by atoms with van der Waals surface area (Å²) in [5.41, 5.74) is -0.336. The van der Waals surface area contributed by atoms with Crippen molar-refractivity contribution < 1.29 is 18.6 Å². The van der Waals surface area contributed by atoms with Crippen LogP contribution in [0.3, 0.4) is 0 Å². The van der Waals surface area contributed by atoms with Gasteiger partial charge in [-0.3, -0.25) is 4.90 Å². The highest BCUT2D eigenvalue weighted by molar-refractivity contribution is 9.10. The molecule has 1 aromatic carbocycles. The van der Waals surface area contributed by atoms with Gasteiger partial charge in [-0.05, 0) is 34.6 Å². The van der Waals surface area contributed by atoms with Crippen molar-refractivity contribution in [2.75, 3.05) is 26.2 Å².